The van der Waals surface area contributed by atoms with E-state index in [4.69, 9.17) is 9.84 Å². The van der Waals surface area contributed by atoms with E-state index in [2.05, 4.69) is 6.92 Å². The van der Waals surface area contributed by atoms with Gasteiger partial charge in [0.15, 0.2) is 0 Å². The Hall–Kier alpha value is -1.35. The van der Waals surface area contributed by atoms with Crippen molar-refractivity contribution < 1.29 is 14.6 Å². The Labute approximate surface area is 198 Å². The second kappa shape index (κ2) is 20.3. The Morgan fingerprint density at radius 3 is 1.44 bits per heavy atom. The third kappa shape index (κ3) is 15.5. The number of carboxylic acids is 1. The second-order valence-corrected chi connectivity index (χ2v) is 9.45. The van der Waals surface area contributed by atoms with E-state index in [1.54, 1.807) is 12.1 Å². The summed E-state index contributed by atoms with van der Waals surface area (Å²) in [5.74, 6) is -0.885. The minimum Gasteiger partial charge on any atom is -0.478 e. The summed E-state index contributed by atoms with van der Waals surface area (Å²) < 4.78 is 5.91. The molecule has 3 heteroatoms. The number of ether oxygens (including phenoxy) is 1. The summed E-state index contributed by atoms with van der Waals surface area (Å²) in [6.07, 6.45) is 25.0. The van der Waals surface area contributed by atoms with Crippen LogP contribution in [0.15, 0.2) is 24.3 Å². The summed E-state index contributed by atoms with van der Waals surface area (Å²) in [5, 5.41) is 8.96. The lowest BCUT2D eigenvalue weighted by Crippen LogP contribution is -2.03. The largest absolute Gasteiger partial charge is 0.478 e. The quantitative estimate of drug-likeness (QED) is 0.180. The molecule has 0 aromatic heterocycles. The van der Waals surface area contributed by atoms with E-state index in [0.29, 0.717) is 5.56 Å². The van der Waals surface area contributed by atoms with Crippen LogP contribution in [-0.4, -0.2) is 17.7 Å². The average Bonchev–Trinajstić information content (AvgIpc) is 2.80. The highest BCUT2D eigenvalue weighted by Gasteiger charge is 2.07. The standard InChI is InChI=1S/C29H50O3/c1-3-4-5-6-7-8-9-10-11-12-13-14-15-16-17-18-19-20-25-32-26(2)27-21-23-28(24-22-27)29(30)31/h21-24,26H,3-20,25H2,1-2H3,(H,30,31). The van der Waals surface area contributed by atoms with E-state index in [1.165, 1.54) is 109 Å². The molecule has 0 aliphatic carbocycles. The first kappa shape index (κ1) is 28.7. The van der Waals surface area contributed by atoms with E-state index in [9.17, 15) is 4.79 Å². The first-order valence-corrected chi connectivity index (χ1v) is 13.6. The lowest BCUT2D eigenvalue weighted by Gasteiger charge is -2.13. The zero-order chi connectivity index (χ0) is 23.3. The van der Waals surface area contributed by atoms with Crippen LogP contribution in [0.5, 0.6) is 0 Å². The van der Waals surface area contributed by atoms with Crippen LogP contribution in [0.25, 0.3) is 0 Å². The number of unbranched alkanes of at least 4 members (excludes halogenated alkanes) is 17. The molecule has 184 valence electrons. The second-order valence-electron chi connectivity index (χ2n) is 9.45. The van der Waals surface area contributed by atoms with Crippen molar-refractivity contribution in [2.24, 2.45) is 0 Å². The van der Waals surface area contributed by atoms with Crippen molar-refractivity contribution in [2.45, 2.75) is 136 Å². The van der Waals surface area contributed by atoms with Crippen LogP contribution in [0, 0.1) is 0 Å². The van der Waals surface area contributed by atoms with Crippen LogP contribution in [-0.2, 0) is 4.74 Å². The van der Waals surface area contributed by atoms with Gasteiger partial charge in [-0.05, 0) is 31.0 Å². The summed E-state index contributed by atoms with van der Waals surface area (Å²) in [4.78, 5) is 10.9. The molecule has 0 radical (unpaired) electrons. The van der Waals surface area contributed by atoms with Gasteiger partial charge in [0.05, 0.1) is 11.7 Å². The summed E-state index contributed by atoms with van der Waals surface area (Å²) in [5.41, 5.74) is 1.36. The fourth-order valence-corrected chi connectivity index (χ4v) is 4.26. The Kier molecular flexibility index (Phi) is 18.2. The maximum atomic E-state index is 10.9. The van der Waals surface area contributed by atoms with Crippen LogP contribution in [0.4, 0.5) is 0 Å². The van der Waals surface area contributed by atoms with Crippen molar-refractivity contribution in [3.63, 3.8) is 0 Å². The number of benzene rings is 1. The van der Waals surface area contributed by atoms with Gasteiger partial charge in [-0.3, -0.25) is 0 Å². The van der Waals surface area contributed by atoms with E-state index in [0.717, 1.165) is 18.6 Å². The van der Waals surface area contributed by atoms with Crippen molar-refractivity contribution in [3.05, 3.63) is 35.4 Å². The Balaban J connectivity index is 1.81. The van der Waals surface area contributed by atoms with Gasteiger partial charge in [0, 0.05) is 6.61 Å². The number of hydrogen-bond donors (Lipinski definition) is 1. The van der Waals surface area contributed by atoms with Gasteiger partial charge in [-0.25, -0.2) is 4.79 Å². The zero-order valence-electron chi connectivity index (χ0n) is 21.1. The molecule has 1 aromatic rings. The highest BCUT2D eigenvalue weighted by molar-refractivity contribution is 5.87. The molecule has 32 heavy (non-hydrogen) atoms. The molecule has 1 rings (SSSR count). The van der Waals surface area contributed by atoms with Gasteiger partial charge in [0.1, 0.15) is 0 Å². The van der Waals surface area contributed by atoms with Gasteiger partial charge in [-0.1, -0.05) is 128 Å². The lowest BCUT2D eigenvalue weighted by atomic mass is 10.0. The van der Waals surface area contributed by atoms with Gasteiger partial charge in [0.25, 0.3) is 0 Å². The molecule has 3 nitrogen and oxygen atoms in total. The van der Waals surface area contributed by atoms with Gasteiger partial charge >= 0.3 is 5.97 Å². The highest BCUT2D eigenvalue weighted by atomic mass is 16.5. The van der Waals surface area contributed by atoms with Crippen molar-refractivity contribution in [2.75, 3.05) is 6.61 Å². The molecule has 0 saturated heterocycles. The number of aromatic carboxylic acids is 1. The van der Waals surface area contributed by atoms with E-state index < -0.39 is 5.97 Å². The number of carboxylic acid groups (broad SMARTS) is 1. The summed E-state index contributed by atoms with van der Waals surface area (Å²) >= 11 is 0. The van der Waals surface area contributed by atoms with Crippen molar-refractivity contribution >= 4 is 5.97 Å². The average molecular weight is 447 g/mol. The predicted molar refractivity (Wildman–Crippen MR) is 137 cm³/mol. The summed E-state index contributed by atoms with van der Waals surface area (Å²) in [6.45, 7) is 5.10. The molecular formula is C29H50O3. The van der Waals surface area contributed by atoms with E-state index in [1.807, 2.05) is 19.1 Å². The third-order valence-corrected chi connectivity index (χ3v) is 6.49. The summed E-state index contributed by atoms with van der Waals surface area (Å²) in [6, 6.07) is 7.00. The van der Waals surface area contributed by atoms with Gasteiger partial charge in [-0.15, -0.1) is 0 Å². The maximum Gasteiger partial charge on any atom is 0.335 e. The summed E-state index contributed by atoms with van der Waals surface area (Å²) in [7, 11) is 0. The van der Waals surface area contributed by atoms with Gasteiger partial charge in [-0.2, -0.15) is 0 Å². The van der Waals surface area contributed by atoms with Crippen molar-refractivity contribution in [1.29, 1.82) is 0 Å². The smallest absolute Gasteiger partial charge is 0.335 e. The Morgan fingerprint density at radius 1 is 0.688 bits per heavy atom. The van der Waals surface area contributed by atoms with Crippen LogP contribution in [0.1, 0.15) is 151 Å². The molecule has 0 heterocycles. The van der Waals surface area contributed by atoms with E-state index in [-0.39, 0.29) is 6.10 Å². The maximum absolute atomic E-state index is 10.9. The molecule has 1 atom stereocenters. The number of hydrogen-bond acceptors (Lipinski definition) is 2. The number of carbonyl (C=O) groups is 1. The SMILES string of the molecule is CCCCCCCCCCCCCCCCCCCCOC(C)c1ccc(C(=O)O)cc1. The normalized spacial score (nSPS) is 12.2. The molecule has 0 aliphatic rings. The van der Waals surface area contributed by atoms with Crippen LogP contribution >= 0.6 is 0 Å². The van der Waals surface area contributed by atoms with E-state index >= 15 is 0 Å². The zero-order valence-corrected chi connectivity index (χ0v) is 21.1. The predicted octanol–water partition coefficient (Wildman–Crippen LogP) is 9.50. The van der Waals surface area contributed by atoms with Gasteiger partial charge in [0.2, 0.25) is 0 Å². The van der Waals surface area contributed by atoms with Crippen molar-refractivity contribution in [1.82, 2.24) is 0 Å². The molecule has 0 spiro atoms. The highest BCUT2D eigenvalue weighted by Crippen LogP contribution is 2.19. The monoisotopic (exact) mass is 446 g/mol. The lowest BCUT2D eigenvalue weighted by molar-refractivity contribution is 0.0624. The molecule has 0 bridgehead atoms. The first-order chi connectivity index (χ1) is 15.6. The van der Waals surface area contributed by atoms with Crippen molar-refractivity contribution in [3.8, 4) is 0 Å². The molecular weight excluding hydrogens is 396 g/mol. The Morgan fingerprint density at radius 2 is 1.06 bits per heavy atom. The minimum absolute atomic E-state index is 0.0173. The molecule has 1 N–H and O–H groups in total. The molecule has 0 amide bonds. The molecule has 1 aromatic carbocycles. The van der Waals surface area contributed by atoms with Crippen LogP contribution < -0.4 is 0 Å². The fourth-order valence-electron chi connectivity index (χ4n) is 4.26. The van der Waals surface area contributed by atoms with Gasteiger partial charge < -0.3 is 9.84 Å². The fraction of sp³-hybridized carbons (Fsp3) is 0.759. The van der Waals surface area contributed by atoms with Crippen LogP contribution in [0.3, 0.4) is 0 Å². The molecule has 0 fully saturated rings. The molecule has 1 unspecified atom stereocenters. The Bertz CT molecular complexity index is 552. The minimum atomic E-state index is -0.885. The number of rotatable bonds is 22. The third-order valence-electron chi connectivity index (χ3n) is 6.49. The topological polar surface area (TPSA) is 46.5 Å². The first-order valence-electron chi connectivity index (χ1n) is 13.6. The molecule has 0 aliphatic heterocycles. The molecule has 0 saturated carbocycles. The van der Waals surface area contributed by atoms with Crippen LogP contribution in [0.2, 0.25) is 0 Å².